The predicted octanol–water partition coefficient (Wildman–Crippen LogP) is 2.38. The van der Waals surface area contributed by atoms with Gasteiger partial charge in [-0.2, -0.15) is 0 Å². The van der Waals surface area contributed by atoms with Crippen LogP contribution >= 0.6 is 10.0 Å². The van der Waals surface area contributed by atoms with Gasteiger partial charge in [0, 0.05) is 0 Å². The van der Waals surface area contributed by atoms with E-state index >= 15 is 0 Å². The molecule has 0 nitrogen and oxygen atoms in total. The van der Waals surface area contributed by atoms with Crippen molar-refractivity contribution >= 4 is 32.2 Å². The van der Waals surface area contributed by atoms with Crippen molar-refractivity contribution in [3.05, 3.63) is 59.7 Å². The van der Waals surface area contributed by atoms with Gasteiger partial charge in [0.25, 0.3) is 0 Å². The molecule has 0 bridgehead atoms. The summed E-state index contributed by atoms with van der Waals surface area (Å²) in [5.41, 5.74) is 2.65. The quantitative estimate of drug-likeness (QED) is 0.745. The zero-order valence-corrected chi connectivity index (χ0v) is 12.8. The summed E-state index contributed by atoms with van der Waals surface area (Å²) >= 11 is -2.04. The van der Waals surface area contributed by atoms with Crippen LogP contribution in [0.1, 0.15) is 11.1 Å². The van der Waals surface area contributed by atoms with Gasteiger partial charge in [0.15, 0.2) is 0 Å². The first-order chi connectivity index (χ1) is 7.70. The van der Waals surface area contributed by atoms with Gasteiger partial charge in [-0.15, -0.1) is 0 Å². The first kappa shape index (κ1) is 11.7. The van der Waals surface area contributed by atoms with Gasteiger partial charge < -0.3 is 0 Å². The molecule has 0 saturated carbocycles. The Morgan fingerprint density at radius 3 is 1.50 bits per heavy atom. The van der Waals surface area contributed by atoms with E-state index in [4.69, 9.17) is 10.0 Å². The maximum atomic E-state index is 6.73. The molecule has 2 heteroatoms. The van der Waals surface area contributed by atoms with Crippen LogP contribution in [0.4, 0.5) is 0 Å². The SMILES string of the molecule is Cc1cccc[c]1[GeH]([Cl])[c]1ccccc1C. The topological polar surface area (TPSA) is 0 Å². The standard InChI is InChI=1S/C14H15ClGe/c1-11-7-3-5-9-13(11)16(15)14-10-6-4-8-12(14)2/h3-10,16H,1-2H3. The van der Waals surface area contributed by atoms with Crippen LogP contribution < -0.4 is 8.79 Å². The molecule has 0 saturated heterocycles. The summed E-state index contributed by atoms with van der Waals surface area (Å²) in [7, 11) is 6.73. The Bertz CT molecular complexity index is 448. The normalized spacial score (nSPS) is 10.8. The third-order valence-electron chi connectivity index (χ3n) is 2.92. The number of hydrogen-bond donors (Lipinski definition) is 0. The van der Waals surface area contributed by atoms with Crippen LogP contribution in [0.3, 0.4) is 0 Å². The van der Waals surface area contributed by atoms with Gasteiger partial charge in [-0.05, 0) is 0 Å². The molecule has 0 spiro atoms. The van der Waals surface area contributed by atoms with E-state index in [9.17, 15) is 0 Å². The summed E-state index contributed by atoms with van der Waals surface area (Å²) in [5.74, 6) is 0. The van der Waals surface area contributed by atoms with Crippen LogP contribution in [-0.2, 0) is 0 Å². The van der Waals surface area contributed by atoms with Gasteiger partial charge in [-0.1, -0.05) is 0 Å². The molecule has 0 aromatic heterocycles. The maximum absolute atomic E-state index is 6.73. The molecule has 0 atom stereocenters. The van der Waals surface area contributed by atoms with E-state index in [1.807, 2.05) is 0 Å². The molecule has 2 aromatic rings. The van der Waals surface area contributed by atoms with Crippen LogP contribution in [0.2, 0.25) is 0 Å². The van der Waals surface area contributed by atoms with Gasteiger partial charge in [0.05, 0.1) is 0 Å². The summed E-state index contributed by atoms with van der Waals surface area (Å²) in [4.78, 5) is 0. The third kappa shape index (κ3) is 2.33. The molecule has 0 radical (unpaired) electrons. The van der Waals surface area contributed by atoms with E-state index in [-0.39, 0.29) is 0 Å². The number of benzene rings is 2. The zero-order valence-electron chi connectivity index (χ0n) is 9.57. The molecule has 2 aromatic carbocycles. The molecular weight excluding hydrogens is 276 g/mol. The van der Waals surface area contributed by atoms with Crippen LogP contribution in [-0.4, -0.2) is 13.4 Å². The second-order valence-corrected chi connectivity index (χ2v) is 10.5. The van der Waals surface area contributed by atoms with Crippen LogP contribution in [0.25, 0.3) is 0 Å². The van der Waals surface area contributed by atoms with E-state index in [0.717, 1.165) is 0 Å². The number of halogens is 1. The van der Waals surface area contributed by atoms with Crippen LogP contribution in [0.5, 0.6) is 0 Å². The number of rotatable bonds is 2. The van der Waals surface area contributed by atoms with Gasteiger partial charge in [-0.3, -0.25) is 0 Å². The average Bonchev–Trinajstić information content (AvgIpc) is 2.29. The molecular formula is C14H15ClGe. The molecule has 0 unspecified atom stereocenters. The van der Waals surface area contributed by atoms with Crippen molar-refractivity contribution in [3.8, 4) is 0 Å². The molecule has 0 heterocycles. The van der Waals surface area contributed by atoms with E-state index in [0.29, 0.717) is 0 Å². The van der Waals surface area contributed by atoms with Crippen molar-refractivity contribution in [1.29, 1.82) is 0 Å². The fourth-order valence-corrected chi connectivity index (χ4v) is 8.41. The summed E-state index contributed by atoms with van der Waals surface area (Å²) in [6.45, 7) is 4.29. The summed E-state index contributed by atoms with van der Waals surface area (Å²) in [6, 6.07) is 17.0. The minimum absolute atomic E-state index is 1.32. The molecule has 0 amide bonds. The Morgan fingerprint density at radius 1 is 0.750 bits per heavy atom. The van der Waals surface area contributed by atoms with Gasteiger partial charge in [0.2, 0.25) is 0 Å². The third-order valence-corrected chi connectivity index (χ3v) is 10.4. The Balaban J connectivity index is 2.44. The summed E-state index contributed by atoms with van der Waals surface area (Å²) in [5, 5.41) is 0. The zero-order chi connectivity index (χ0) is 11.5. The van der Waals surface area contributed by atoms with Gasteiger partial charge >= 0.3 is 106 Å². The second kappa shape index (κ2) is 5.07. The van der Waals surface area contributed by atoms with Crippen LogP contribution in [0.15, 0.2) is 48.5 Å². The van der Waals surface area contributed by atoms with E-state index in [2.05, 4.69) is 62.4 Å². The second-order valence-electron chi connectivity index (χ2n) is 4.08. The predicted molar refractivity (Wildman–Crippen MR) is 74.6 cm³/mol. The summed E-state index contributed by atoms with van der Waals surface area (Å²) < 4.78 is 2.76. The Hall–Kier alpha value is -0.727. The van der Waals surface area contributed by atoms with E-state index < -0.39 is 13.4 Å². The first-order valence-corrected chi connectivity index (χ1v) is 11.1. The fourth-order valence-electron chi connectivity index (χ4n) is 1.91. The van der Waals surface area contributed by atoms with Gasteiger partial charge in [-0.25, -0.2) is 0 Å². The van der Waals surface area contributed by atoms with Crippen molar-refractivity contribution in [2.24, 2.45) is 0 Å². The average molecular weight is 291 g/mol. The van der Waals surface area contributed by atoms with Crippen molar-refractivity contribution in [1.82, 2.24) is 0 Å². The summed E-state index contributed by atoms with van der Waals surface area (Å²) in [6.07, 6.45) is 0. The van der Waals surface area contributed by atoms with Gasteiger partial charge in [0.1, 0.15) is 0 Å². The Kier molecular flexibility index (Phi) is 3.72. The van der Waals surface area contributed by atoms with Crippen molar-refractivity contribution in [2.75, 3.05) is 0 Å². The molecule has 2 rings (SSSR count). The molecule has 0 aliphatic heterocycles. The number of aryl methyl sites for hydroxylation is 2. The minimum atomic E-state index is -2.04. The first-order valence-electron chi connectivity index (χ1n) is 5.45. The Morgan fingerprint density at radius 2 is 1.12 bits per heavy atom. The Labute approximate surface area is 106 Å². The van der Waals surface area contributed by atoms with Crippen molar-refractivity contribution in [3.63, 3.8) is 0 Å². The molecule has 0 aliphatic carbocycles. The molecule has 0 aliphatic rings. The molecule has 0 fully saturated rings. The molecule has 0 N–H and O–H groups in total. The monoisotopic (exact) mass is 292 g/mol. The fraction of sp³-hybridized carbons (Fsp3) is 0.143. The van der Waals surface area contributed by atoms with Crippen molar-refractivity contribution < 1.29 is 0 Å². The van der Waals surface area contributed by atoms with E-state index in [1.165, 1.54) is 19.9 Å². The molecule has 16 heavy (non-hydrogen) atoms. The number of hydrogen-bond acceptors (Lipinski definition) is 0. The van der Waals surface area contributed by atoms with Crippen molar-refractivity contribution in [2.45, 2.75) is 13.8 Å². The van der Waals surface area contributed by atoms with E-state index in [1.54, 1.807) is 0 Å². The molecule has 82 valence electrons. The van der Waals surface area contributed by atoms with Crippen LogP contribution in [0, 0.1) is 13.8 Å².